The predicted octanol–water partition coefficient (Wildman–Crippen LogP) is 4.51. The second-order valence-corrected chi connectivity index (χ2v) is 9.88. The Balaban J connectivity index is 1.30. The van der Waals surface area contributed by atoms with Gasteiger partial charge in [0.15, 0.2) is 11.6 Å². The van der Waals surface area contributed by atoms with Gasteiger partial charge in [-0.05, 0) is 44.2 Å². The zero-order chi connectivity index (χ0) is 29.4. The zero-order valence-electron chi connectivity index (χ0n) is 23.3. The maximum absolute atomic E-state index is 15.9. The summed E-state index contributed by atoms with van der Waals surface area (Å²) in [6, 6.07) is 10.5. The molecule has 1 atom stereocenters. The van der Waals surface area contributed by atoms with Gasteiger partial charge in [-0.2, -0.15) is 15.4 Å². The van der Waals surface area contributed by atoms with Gasteiger partial charge in [0, 0.05) is 43.4 Å². The van der Waals surface area contributed by atoms with Gasteiger partial charge in [0.2, 0.25) is 5.91 Å². The normalized spacial score (nSPS) is 15.2. The highest BCUT2D eigenvalue weighted by Gasteiger charge is 2.27. The number of aromatic nitrogens is 6. The fraction of sp³-hybridized carbons (Fsp3) is 0.241. The predicted molar refractivity (Wildman–Crippen MR) is 156 cm³/mol. The largest absolute Gasteiger partial charge is 0.494 e. The van der Waals surface area contributed by atoms with Crippen molar-refractivity contribution >= 4 is 45.3 Å². The minimum absolute atomic E-state index is 0.0219. The number of pyridine rings is 1. The number of carbonyl (C=O) groups is 1. The quantitative estimate of drug-likeness (QED) is 0.270. The molecule has 13 heteroatoms. The molecule has 12 nitrogen and oxygen atoms in total. The summed E-state index contributed by atoms with van der Waals surface area (Å²) in [6.45, 7) is 8.95. The number of nitrogens with one attached hydrogen (secondary N) is 2. The Kier molecular flexibility index (Phi) is 6.98. The summed E-state index contributed by atoms with van der Waals surface area (Å²) in [6.07, 6.45) is 2.73. The highest BCUT2D eigenvalue weighted by atomic mass is 19.1. The molecule has 0 saturated carbocycles. The number of nitrogens with zero attached hydrogens (tertiary/aromatic N) is 7. The van der Waals surface area contributed by atoms with Crippen LogP contribution in [0.15, 0.2) is 55.4 Å². The molecule has 6 rings (SSSR count). The molecule has 1 saturated heterocycles. The zero-order valence-corrected chi connectivity index (χ0v) is 23.3. The Labute approximate surface area is 240 Å². The lowest BCUT2D eigenvalue weighted by atomic mass is 10.1. The van der Waals surface area contributed by atoms with Crippen LogP contribution in [0, 0.1) is 12.7 Å². The van der Waals surface area contributed by atoms with Crippen molar-refractivity contribution < 1.29 is 18.7 Å². The van der Waals surface area contributed by atoms with Crippen LogP contribution in [0.5, 0.6) is 17.2 Å². The maximum atomic E-state index is 15.9. The number of methoxy groups -OCH3 is 1. The molecule has 0 aliphatic carbocycles. The third-order valence-electron chi connectivity index (χ3n) is 7.28. The van der Waals surface area contributed by atoms with Gasteiger partial charge >= 0.3 is 0 Å². The standard InChI is InChI=1S/C29H28FN9O3/c1-5-25(40)39-11-10-38(14-16(39)2)24-9-8-20-27(33-24)29(32-15-31-20)34-28-23(41-4)13-22(17(3)26(28)30)42-18-6-7-19-21(12-18)36-37-35-19/h5-9,12-13,15-16H,1,10-11,14H2,2-4H3,(H,31,32,34)(H,35,36,37)/t16-/m1/s1. The summed E-state index contributed by atoms with van der Waals surface area (Å²) in [4.78, 5) is 29.6. The smallest absolute Gasteiger partial charge is 0.246 e. The van der Waals surface area contributed by atoms with Gasteiger partial charge in [0.1, 0.15) is 51.6 Å². The summed E-state index contributed by atoms with van der Waals surface area (Å²) < 4.78 is 27.4. The van der Waals surface area contributed by atoms with Gasteiger partial charge in [0.05, 0.1) is 12.6 Å². The fourth-order valence-electron chi connectivity index (χ4n) is 5.02. The Bertz CT molecular complexity index is 1830. The van der Waals surface area contributed by atoms with Gasteiger partial charge in [-0.1, -0.05) is 6.58 Å². The Hall–Kier alpha value is -5.33. The van der Waals surface area contributed by atoms with E-state index < -0.39 is 5.82 Å². The van der Waals surface area contributed by atoms with Crippen LogP contribution in [-0.4, -0.2) is 74.0 Å². The molecule has 2 aromatic carbocycles. The number of hydrogen-bond donors (Lipinski definition) is 2. The summed E-state index contributed by atoms with van der Waals surface area (Å²) in [5.41, 5.74) is 2.73. The molecule has 0 unspecified atom stereocenters. The second kappa shape index (κ2) is 10.9. The minimum Gasteiger partial charge on any atom is -0.494 e. The third kappa shape index (κ3) is 4.89. The molecule has 0 bridgehead atoms. The number of halogens is 1. The number of rotatable bonds is 7. The number of benzene rings is 2. The van der Waals surface area contributed by atoms with Crippen LogP contribution in [0.2, 0.25) is 0 Å². The molecule has 1 fully saturated rings. The van der Waals surface area contributed by atoms with E-state index in [9.17, 15) is 4.79 Å². The fourth-order valence-corrected chi connectivity index (χ4v) is 5.02. The molecule has 42 heavy (non-hydrogen) atoms. The molecule has 1 amide bonds. The topological polar surface area (TPSA) is 134 Å². The average molecular weight is 570 g/mol. The van der Waals surface area contributed by atoms with E-state index in [-0.39, 0.29) is 34.7 Å². The lowest BCUT2D eigenvalue weighted by Gasteiger charge is -2.40. The third-order valence-corrected chi connectivity index (χ3v) is 7.28. The molecule has 1 aliphatic rings. The van der Waals surface area contributed by atoms with E-state index in [0.29, 0.717) is 59.1 Å². The first-order valence-electron chi connectivity index (χ1n) is 13.3. The van der Waals surface area contributed by atoms with Crippen molar-refractivity contribution in [2.75, 3.05) is 37.0 Å². The number of H-pyrrole nitrogens is 1. The van der Waals surface area contributed by atoms with E-state index in [1.165, 1.54) is 19.5 Å². The Morgan fingerprint density at radius 2 is 1.93 bits per heavy atom. The van der Waals surface area contributed by atoms with Gasteiger partial charge < -0.3 is 24.6 Å². The molecule has 0 spiro atoms. The van der Waals surface area contributed by atoms with Crippen molar-refractivity contribution in [3.05, 3.63) is 66.8 Å². The van der Waals surface area contributed by atoms with E-state index in [1.807, 2.05) is 19.1 Å². The van der Waals surface area contributed by atoms with Crippen molar-refractivity contribution in [1.82, 2.24) is 35.3 Å². The van der Waals surface area contributed by atoms with Gasteiger partial charge in [0.25, 0.3) is 0 Å². The number of amides is 1. The minimum atomic E-state index is -0.563. The maximum Gasteiger partial charge on any atom is 0.246 e. The lowest BCUT2D eigenvalue weighted by molar-refractivity contribution is -0.128. The number of piperazine rings is 1. The van der Waals surface area contributed by atoms with Crippen LogP contribution in [0.4, 0.5) is 21.7 Å². The van der Waals surface area contributed by atoms with Crippen LogP contribution >= 0.6 is 0 Å². The van der Waals surface area contributed by atoms with Gasteiger partial charge in [-0.25, -0.2) is 19.3 Å². The number of aromatic amines is 1. The number of fused-ring (bicyclic) bond motifs is 2. The van der Waals surface area contributed by atoms with Crippen LogP contribution in [0.3, 0.4) is 0 Å². The summed E-state index contributed by atoms with van der Waals surface area (Å²) in [5.74, 6) is 1.35. The van der Waals surface area contributed by atoms with Crippen molar-refractivity contribution in [3.8, 4) is 17.2 Å². The molecule has 5 aromatic rings. The van der Waals surface area contributed by atoms with Crippen LogP contribution in [-0.2, 0) is 4.79 Å². The number of hydrogen-bond acceptors (Lipinski definition) is 10. The molecule has 214 valence electrons. The first-order chi connectivity index (χ1) is 20.4. The summed E-state index contributed by atoms with van der Waals surface area (Å²) >= 11 is 0. The van der Waals surface area contributed by atoms with Crippen molar-refractivity contribution in [2.45, 2.75) is 19.9 Å². The molecule has 3 aromatic heterocycles. The molecule has 2 N–H and O–H groups in total. The van der Waals surface area contributed by atoms with Crippen LogP contribution < -0.4 is 19.7 Å². The van der Waals surface area contributed by atoms with Gasteiger partial charge in [-0.15, -0.1) is 0 Å². The SMILES string of the molecule is C=CC(=O)N1CCN(c2ccc3ncnc(Nc4c(OC)cc(Oc5ccc6n[nH]nc6c5)c(C)c4F)c3n2)C[C@H]1C. The molecule has 1 aliphatic heterocycles. The van der Waals surface area contributed by atoms with Crippen LogP contribution in [0.25, 0.3) is 22.1 Å². The van der Waals surface area contributed by atoms with E-state index in [0.717, 1.165) is 0 Å². The first kappa shape index (κ1) is 26.9. The van der Waals surface area contributed by atoms with E-state index in [1.54, 1.807) is 36.1 Å². The molecule has 0 radical (unpaired) electrons. The lowest BCUT2D eigenvalue weighted by Crippen LogP contribution is -2.53. The van der Waals surface area contributed by atoms with E-state index in [4.69, 9.17) is 14.5 Å². The second-order valence-electron chi connectivity index (χ2n) is 9.88. The summed E-state index contributed by atoms with van der Waals surface area (Å²) in [7, 11) is 1.45. The Morgan fingerprint density at radius 3 is 2.71 bits per heavy atom. The van der Waals surface area contributed by atoms with Crippen molar-refractivity contribution in [3.63, 3.8) is 0 Å². The highest BCUT2D eigenvalue weighted by Crippen LogP contribution is 2.40. The Morgan fingerprint density at radius 1 is 1.12 bits per heavy atom. The molecular weight excluding hydrogens is 541 g/mol. The van der Waals surface area contributed by atoms with Crippen LogP contribution in [0.1, 0.15) is 12.5 Å². The van der Waals surface area contributed by atoms with Crippen molar-refractivity contribution in [2.24, 2.45) is 0 Å². The highest BCUT2D eigenvalue weighted by molar-refractivity contribution is 5.89. The van der Waals surface area contributed by atoms with E-state index in [2.05, 4.69) is 42.2 Å². The van der Waals surface area contributed by atoms with Crippen molar-refractivity contribution in [1.29, 1.82) is 0 Å². The van der Waals surface area contributed by atoms with E-state index >= 15 is 4.39 Å². The molecular formula is C29H28FN9O3. The first-order valence-corrected chi connectivity index (χ1v) is 13.3. The number of carbonyl (C=O) groups excluding carboxylic acids is 1. The average Bonchev–Trinajstić information content (AvgIpc) is 3.48. The number of anilines is 3. The monoisotopic (exact) mass is 569 g/mol. The van der Waals surface area contributed by atoms with Gasteiger partial charge in [-0.3, -0.25) is 4.79 Å². The molecule has 4 heterocycles. The number of ether oxygens (including phenoxy) is 2. The summed E-state index contributed by atoms with van der Waals surface area (Å²) in [5, 5.41) is 13.7.